The molecule has 0 saturated heterocycles. The normalized spacial score (nSPS) is 14.2. The Balaban J connectivity index is 1.45. The Hall–Kier alpha value is -3.28. The number of hydrogen-bond acceptors (Lipinski definition) is 3. The second-order valence-corrected chi connectivity index (χ2v) is 6.12. The number of amides is 1. The average Bonchev–Trinajstić information content (AvgIpc) is 3.23. The van der Waals surface area contributed by atoms with E-state index in [4.69, 9.17) is 0 Å². The van der Waals surface area contributed by atoms with E-state index in [9.17, 15) is 9.18 Å². The molecule has 0 saturated carbocycles. The van der Waals surface area contributed by atoms with E-state index >= 15 is 0 Å². The van der Waals surface area contributed by atoms with Crippen LogP contribution in [-0.4, -0.2) is 38.7 Å². The molecule has 0 aliphatic carbocycles. The Morgan fingerprint density at radius 1 is 1.04 bits per heavy atom. The number of nitrogens with zero attached hydrogens (tertiary/aromatic N) is 4. The van der Waals surface area contributed by atoms with Crippen LogP contribution in [0.5, 0.6) is 0 Å². The largest absolute Gasteiger partial charge is 0.335 e. The summed E-state index contributed by atoms with van der Waals surface area (Å²) in [6.45, 7) is 1.20. The van der Waals surface area contributed by atoms with E-state index in [0.717, 1.165) is 23.2 Å². The minimum atomic E-state index is -0.240. The van der Waals surface area contributed by atoms with E-state index in [-0.39, 0.29) is 11.7 Å². The first-order chi connectivity index (χ1) is 12.7. The first kappa shape index (κ1) is 16.2. The number of halogens is 1. The molecule has 3 aromatic rings. The van der Waals surface area contributed by atoms with Crippen LogP contribution in [0.1, 0.15) is 22.3 Å². The molecule has 0 bridgehead atoms. The molecular weight excluding hydrogens is 331 g/mol. The molecular formula is C20H17FN4O. The molecule has 0 fully saturated rings. The summed E-state index contributed by atoms with van der Waals surface area (Å²) >= 11 is 0. The third-order valence-corrected chi connectivity index (χ3v) is 4.51. The van der Waals surface area contributed by atoms with E-state index in [1.807, 2.05) is 23.1 Å². The molecule has 0 spiro atoms. The fourth-order valence-electron chi connectivity index (χ4n) is 3.06. The molecule has 6 heteroatoms. The van der Waals surface area contributed by atoms with E-state index < -0.39 is 0 Å². The topological polar surface area (TPSA) is 51.0 Å². The van der Waals surface area contributed by atoms with Crippen molar-refractivity contribution in [2.45, 2.75) is 6.42 Å². The zero-order valence-corrected chi connectivity index (χ0v) is 14.0. The van der Waals surface area contributed by atoms with Gasteiger partial charge in [0.25, 0.3) is 5.91 Å². The molecule has 2 heterocycles. The summed E-state index contributed by atoms with van der Waals surface area (Å²) in [5.41, 5.74) is 3.66. The SMILES string of the molecule is O=C(c1ccc(-n2cncn2)cc1)N1CC=C(c2ccc(F)cc2)CC1. The van der Waals surface area contributed by atoms with Gasteiger partial charge in [-0.05, 0) is 54.0 Å². The third-order valence-electron chi connectivity index (χ3n) is 4.51. The third kappa shape index (κ3) is 3.26. The van der Waals surface area contributed by atoms with Crippen molar-refractivity contribution in [3.05, 3.63) is 84.2 Å². The Bertz CT molecular complexity index is 931. The minimum absolute atomic E-state index is 0.00421. The van der Waals surface area contributed by atoms with Gasteiger partial charge in [-0.15, -0.1) is 0 Å². The van der Waals surface area contributed by atoms with Crippen molar-refractivity contribution < 1.29 is 9.18 Å². The van der Waals surface area contributed by atoms with Crippen LogP contribution in [0.25, 0.3) is 11.3 Å². The highest BCUT2D eigenvalue weighted by Gasteiger charge is 2.19. The maximum Gasteiger partial charge on any atom is 0.254 e. The van der Waals surface area contributed by atoms with Crippen LogP contribution < -0.4 is 0 Å². The average molecular weight is 348 g/mol. The van der Waals surface area contributed by atoms with Gasteiger partial charge in [0.15, 0.2) is 0 Å². The number of carbonyl (C=O) groups is 1. The van der Waals surface area contributed by atoms with Crippen LogP contribution in [0, 0.1) is 5.82 Å². The molecule has 0 unspecified atom stereocenters. The fourth-order valence-corrected chi connectivity index (χ4v) is 3.06. The standard InChI is InChI=1S/C20H17FN4O/c21-18-5-1-15(2-6-18)16-9-11-24(12-10-16)20(26)17-3-7-19(8-4-17)25-14-22-13-23-25/h1-9,13-14H,10-12H2. The lowest BCUT2D eigenvalue weighted by Crippen LogP contribution is -2.34. The summed E-state index contributed by atoms with van der Waals surface area (Å²) in [6, 6.07) is 13.8. The minimum Gasteiger partial charge on any atom is -0.335 e. The molecule has 5 nitrogen and oxygen atoms in total. The van der Waals surface area contributed by atoms with Crippen LogP contribution >= 0.6 is 0 Å². The van der Waals surface area contributed by atoms with Gasteiger partial charge in [-0.1, -0.05) is 18.2 Å². The van der Waals surface area contributed by atoms with Crippen molar-refractivity contribution in [1.82, 2.24) is 19.7 Å². The fraction of sp³-hybridized carbons (Fsp3) is 0.150. The second kappa shape index (κ2) is 6.92. The van der Waals surface area contributed by atoms with Crippen LogP contribution in [0.4, 0.5) is 4.39 Å². The molecule has 26 heavy (non-hydrogen) atoms. The lowest BCUT2D eigenvalue weighted by molar-refractivity contribution is 0.0773. The van der Waals surface area contributed by atoms with Crippen LogP contribution in [-0.2, 0) is 0 Å². The summed E-state index contributed by atoms with van der Waals surface area (Å²) in [6.07, 6.45) is 5.88. The zero-order chi connectivity index (χ0) is 17.9. The van der Waals surface area contributed by atoms with Gasteiger partial charge < -0.3 is 4.90 Å². The predicted octanol–water partition coefficient (Wildman–Crippen LogP) is 3.34. The molecule has 1 amide bonds. The first-order valence-electron chi connectivity index (χ1n) is 8.40. The van der Waals surface area contributed by atoms with Gasteiger partial charge >= 0.3 is 0 Å². The van der Waals surface area contributed by atoms with Crippen LogP contribution in [0.15, 0.2) is 67.3 Å². The highest BCUT2D eigenvalue weighted by atomic mass is 19.1. The van der Waals surface area contributed by atoms with E-state index in [1.54, 1.807) is 35.3 Å². The first-order valence-corrected chi connectivity index (χ1v) is 8.40. The second-order valence-electron chi connectivity index (χ2n) is 6.12. The van der Waals surface area contributed by atoms with Gasteiger partial charge in [-0.25, -0.2) is 14.1 Å². The van der Waals surface area contributed by atoms with Crippen molar-refractivity contribution in [3.8, 4) is 5.69 Å². The zero-order valence-electron chi connectivity index (χ0n) is 14.0. The highest BCUT2D eigenvalue weighted by Crippen LogP contribution is 2.23. The van der Waals surface area contributed by atoms with Gasteiger partial charge in [0.2, 0.25) is 0 Å². The van der Waals surface area contributed by atoms with Gasteiger partial charge in [0, 0.05) is 18.7 Å². The summed E-state index contributed by atoms with van der Waals surface area (Å²) in [4.78, 5) is 18.4. The maximum atomic E-state index is 13.0. The van der Waals surface area contributed by atoms with Crippen molar-refractivity contribution in [2.75, 3.05) is 13.1 Å². The number of rotatable bonds is 3. The number of benzene rings is 2. The quantitative estimate of drug-likeness (QED) is 0.729. The molecule has 0 radical (unpaired) electrons. The van der Waals surface area contributed by atoms with Gasteiger partial charge in [0.05, 0.1) is 5.69 Å². The summed E-state index contributed by atoms with van der Waals surface area (Å²) in [5.74, 6) is -0.235. The number of hydrogen-bond donors (Lipinski definition) is 0. The molecule has 1 aliphatic rings. The molecule has 2 aromatic carbocycles. The molecule has 130 valence electrons. The van der Waals surface area contributed by atoms with Gasteiger partial charge in [-0.2, -0.15) is 5.10 Å². The number of aromatic nitrogens is 3. The molecule has 0 N–H and O–H groups in total. The molecule has 0 atom stereocenters. The van der Waals surface area contributed by atoms with E-state index in [0.29, 0.717) is 18.7 Å². The molecule has 4 rings (SSSR count). The maximum absolute atomic E-state index is 13.0. The Labute approximate surface area is 150 Å². The monoisotopic (exact) mass is 348 g/mol. The van der Waals surface area contributed by atoms with Crippen molar-refractivity contribution in [2.24, 2.45) is 0 Å². The van der Waals surface area contributed by atoms with Crippen molar-refractivity contribution in [1.29, 1.82) is 0 Å². The smallest absolute Gasteiger partial charge is 0.254 e. The highest BCUT2D eigenvalue weighted by molar-refractivity contribution is 5.95. The van der Waals surface area contributed by atoms with E-state index in [1.165, 1.54) is 18.5 Å². The van der Waals surface area contributed by atoms with Gasteiger partial charge in [-0.3, -0.25) is 4.79 Å². The Kier molecular flexibility index (Phi) is 4.31. The lowest BCUT2D eigenvalue weighted by Gasteiger charge is -2.27. The summed E-state index contributed by atoms with van der Waals surface area (Å²) in [7, 11) is 0. The molecule has 1 aliphatic heterocycles. The predicted molar refractivity (Wildman–Crippen MR) is 96.3 cm³/mol. The Morgan fingerprint density at radius 3 is 2.42 bits per heavy atom. The Morgan fingerprint density at radius 2 is 1.81 bits per heavy atom. The van der Waals surface area contributed by atoms with Gasteiger partial charge in [0.1, 0.15) is 18.5 Å². The van der Waals surface area contributed by atoms with Crippen molar-refractivity contribution in [3.63, 3.8) is 0 Å². The molecule has 1 aromatic heterocycles. The van der Waals surface area contributed by atoms with Crippen LogP contribution in [0.2, 0.25) is 0 Å². The van der Waals surface area contributed by atoms with Crippen LogP contribution in [0.3, 0.4) is 0 Å². The lowest BCUT2D eigenvalue weighted by atomic mass is 9.99. The number of carbonyl (C=O) groups excluding carboxylic acids is 1. The summed E-state index contributed by atoms with van der Waals surface area (Å²) < 4.78 is 14.7. The van der Waals surface area contributed by atoms with Crippen molar-refractivity contribution >= 4 is 11.5 Å². The van der Waals surface area contributed by atoms with E-state index in [2.05, 4.69) is 10.1 Å². The summed E-state index contributed by atoms with van der Waals surface area (Å²) in [5, 5.41) is 4.07.